The molecule has 2 aromatic rings. The average molecular weight is 274 g/mol. The molecule has 0 radical (unpaired) electrons. The van der Waals surface area contributed by atoms with E-state index in [4.69, 9.17) is 0 Å². The van der Waals surface area contributed by atoms with Gasteiger partial charge in [0, 0.05) is 11.8 Å². The lowest BCUT2D eigenvalue weighted by Crippen LogP contribution is -1.96. The van der Waals surface area contributed by atoms with Crippen molar-refractivity contribution in [1.82, 2.24) is 14.9 Å². The third kappa shape index (κ3) is 3.44. The molecule has 0 bridgehead atoms. The van der Waals surface area contributed by atoms with Crippen molar-refractivity contribution < 1.29 is 0 Å². The van der Waals surface area contributed by atoms with Gasteiger partial charge in [-0.05, 0) is 12.2 Å². The Morgan fingerprint density at radius 3 is 2.68 bits per heavy atom. The summed E-state index contributed by atoms with van der Waals surface area (Å²) in [4.78, 5) is 0. The fraction of sp³-hybridized carbons (Fsp3) is 0.357. The molecule has 2 rings (SSSR count). The van der Waals surface area contributed by atoms with Crippen LogP contribution in [0.4, 0.5) is 0 Å². The average Bonchev–Trinajstić information content (AvgIpc) is 2.84. The zero-order valence-electron chi connectivity index (χ0n) is 11.3. The number of hydrogen-bond acceptors (Lipinski definition) is 4. The molecule has 0 fully saturated rings. The van der Waals surface area contributed by atoms with E-state index in [0.29, 0.717) is 0 Å². The Balaban J connectivity index is 2.38. The summed E-state index contributed by atoms with van der Waals surface area (Å²) < 4.78 is 1.83. The number of rotatable bonds is 6. The second-order valence-corrected chi connectivity index (χ2v) is 5.23. The van der Waals surface area contributed by atoms with E-state index in [-0.39, 0.29) is 0 Å². The van der Waals surface area contributed by atoms with E-state index >= 15 is 0 Å². The van der Waals surface area contributed by atoms with Crippen LogP contribution in [0.1, 0.15) is 26.7 Å². The number of nitrogens with zero attached hydrogens (tertiary/aromatic N) is 4. The van der Waals surface area contributed by atoms with Crippen molar-refractivity contribution in [2.45, 2.75) is 31.8 Å². The Hall–Kier alpha value is -1.62. The Kier molecular flexibility index (Phi) is 5.15. The minimum atomic E-state index is 0.795. The first kappa shape index (κ1) is 13.8. The van der Waals surface area contributed by atoms with Gasteiger partial charge in [-0.1, -0.05) is 62.4 Å². The molecule has 0 amide bonds. The van der Waals surface area contributed by atoms with Gasteiger partial charge in [-0.3, -0.25) is 0 Å². The van der Waals surface area contributed by atoms with Gasteiger partial charge < -0.3 is 0 Å². The molecule has 0 spiro atoms. The Morgan fingerprint density at radius 1 is 1.21 bits per heavy atom. The molecule has 100 valence electrons. The summed E-state index contributed by atoms with van der Waals surface area (Å²) in [5, 5.41) is 13.8. The maximum absolute atomic E-state index is 4.50. The Labute approximate surface area is 117 Å². The fourth-order valence-electron chi connectivity index (χ4n) is 1.62. The van der Waals surface area contributed by atoms with Crippen LogP contribution in [-0.2, 0) is 0 Å². The van der Waals surface area contributed by atoms with Crippen LogP contribution in [0.2, 0.25) is 0 Å². The van der Waals surface area contributed by atoms with E-state index in [9.17, 15) is 0 Å². The normalized spacial score (nSPS) is 11.3. The van der Waals surface area contributed by atoms with Crippen LogP contribution in [0.25, 0.3) is 11.4 Å². The molecular formula is C14H18N4S. The van der Waals surface area contributed by atoms with E-state index in [2.05, 4.69) is 29.1 Å². The Bertz CT molecular complexity index is 534. The van der Waals surface area contributed by atoms with Gasteiger partial charge in [0.25, 0.3) is 0 Å². The fourth-order valence-corrected chi connectivity index (χ4v) is 2.24. The van der Waals surface area contributed by atoms with Gasteiger partial charge >= 0.3 is 0 Å². The van der Waals surface area contributed by atoms with E-state index in [1.54, 1.807) is 11.8 Å². The molecule has 0 aliphatic carbocycles. The minimum Gasteiger partial charge on any atom is -0.187 e. The lowest BCUT2D eigenvalue weighted by atomic mass is 10.2. The highest BCUT2D eigenvalue weighted by atomic mass is 32.2. The van der Waals surface area contributed by atoms with Crippen LogP contribution in [0.5, 0.6) is 0 Å². The van der Waals surface area contributed by atoms with Gasteiger partial charge in [-0.25, -0.2) is 0 Å². The van der Waals surface area contributed by atoms with Crippen molar-refractivity contribution in [3.63, 3.8) is 0 Å². The van der Waals surface area contributed by atoms with Crippen molar-refractivity contribution in [2.75, 3.05) is 5.75 Å². The second kappa shape index (κ2) is 7.09. The van der Waals surface area contributed by atoms with E-state index in [1.807, 2.05) is 41.2 Å². The maximum atomic E-state index is 4.50. The first-order valence-corrected chi connectivity index (χ1v) is 7.51. The zero-order valence-corrected chi connectivity index (χ0v) is 12.1. The van der Waals surface area contributed by atoms with Gasteiger partial charge in [0.1, 0.15) is 0 Å². The quantitative estimate of drug-likeness (QED) is 0.596. The van der Waals surface area contributed by atoms with Gasteiger partial charge in [-0.2, -0.15) is 9.78 Å². The first-order valence-electron chi connectivity index (χ1n) is 6.53. The largest absolute Gasteiger partial charge is 0.212 e. The third-order valence-corrected chi connectivity index (χ3v) is 3.33. The molecular weight excluding hydrogens is 256 g/mol. The highest BCUT2D eigenvalue weighted by molar-refractivity contribution is 7.99. The number of benzene rings is 1. The highest BCUT2D eigenvalue weighted by Gasteiger charge is 2.12. The molecule has 0 N–H and O–H groups in total. The summed E-state index contributed by atoms with van der Waals surface area (Å²) in [5.74, 6) is 1.75. The summed E-state index contributed by atoms with van der Waals surface area (Å²) in [5.41, 5.74) is 1.03. The first-order chi connectivity index (χ1) is 9.36. The molecule has 0 unspecified atom stereocenters. The van der Waals surface area contributed by atoms with Crippen LogP contribution in [0.15, 0.2) is 40.6 Å². The lowest BCUT2D eigenvalue weighted by molar-refractivity contribution is 0.767. The number of hydrogen-bond donors (Lipinski definition) is 0. The molecule has 5 heteroatoms. The van der Waals surface area contributed by atoms with Crippen molar-refractivity contribution in [1.29, 1.82) is 0 Å². The summed E-state index contributed by atoms with van der Waals surface area (Å²) in [7, 11) is 0. The second-order valence-electron chi connectivity index (χ2n) is 4.00. The van der Waals surface area contributed by atoms with E-state index < -0.39 is 0 Å². The molecule has 1 aromatic heterocycles. The maximum Gasteiger partial charge on any atom is 0.212 e. The van der Waals surface area contributed by atoms with Gasteiger partial charge in [0.2, 0.25) is 5.16 Å². The molecule has 0 atom stereocenters. The van der Waals surface area contributed by atoms with Crippen LogP contribution < -0.4 is 0 Å². The SMILES string of the molecule is CCCC=Nn1c(SCC)nnc1-c1ccccc1. The summed E-state index contributed by atoms with van der Waals surface area (Å²) >= 11 is 1.65. The smallest absolute Gasteiger partial charge is 0.187 e. The standard InChI is InChI=1S/C14H18N4S/c1-3-5-11-15-18-13(12-9-7-6-8-10-12)16-17-14(18)19-4-2/h6-11H,3-5H2,1-2H3. The number of unbranched alkanes of at least 4 members (excludes halogenated alkanes) is 1. The molecule has 0 saturated heterocycles. The minimum absolute atomic E-state index is 0.795. The number of thioether (sulfide) groups is 1. The topological polar surface area (TPSA) is 43.1 Å². The van der Waals surface area contributed by atoms with Crippen molar-refractivity contribution >= 4 is 18.0 Å². The Morgan fingerprint density at radius 2 is 2.00 bits per heavy atom. The van der Waals surface area contributed by atoms with E-state index in [0.717, 1.165) is 35.1 Å². The lowest BCUT2D eigenvalue weighted by Gasteiger charge is -2.03. The molecule has 19 heavy (non-hydrogen) atoms. The van der Waals surface area contributed by atoms with Crippen molar-refractivity contribution in [3.8, 4) is 11.4 Å². The van der Waals surface area contributed by atoms with Gasteiger partial charge in [0.05, 0.1) is 0 Å². The number of aromatic nitrogens is 3. The van der Waals surface area contributed by atoms with Crippen LogP contribution in [0.3, 0.4) is 0 Å². The van der Waals surface area contributed by atoms with E-state index in [1.165, 1.54) is 0 Å². The van der Waals surface area contributed by atoms with Gasteiger partial charge in [0.15, 0.2) is 5.82 Å². The van der Waals surface area contributed by atoms with Crippen molar-refractivity contribution in [3.05, 3.63) is 30.3 Å². The molecule has 0 aliphatic rings. The molecule has 4 nitrogen and oxygen atoms in total. The summed E-state index contributed by atoms with van der Waals surface area (Å²) in [6, 6.07) is 10.0. The summed E-state index contributed by atoms with van der Waals surface area (Å²) in [6.07, 6.45) is 3.97. The predicted molar refractivity (Wildman–Crippen MR) is 80.7 cm³/mol. The molecule has 0 aliphatic heterocycles. The molecule has 0 saturated carbocycles. The van der Waals surface area contributed by atoms with Crippen LogP contribution in [-0.4, -0.2) is 26.8 Å². The van der Waals surface area contributed by atoms with Crippen molar-refractivity contribution in [2.24, 2.45) is 5.10 Å². The van der Waals surface area contributed by atoms with Crippen LogP contribution in [0, 0.1) is 0 Å². The third-order valence-electron chi connectivity index (χ3n) is 2.53. The van der Waals surface area contributed by atoms with Gasteiger partial charge in [-0.15, -0.1) is 10.2 Å². The monoisotopic (exact) mass is 274 g/mol. The molecule has 1 aromatic carbocycles. The predicted octanol–water partition coefficient (Wildman–Crippen LogP) is 3.69. The zero-order chi connectivity index (χ0) is 13.5. The van der Waals surface area contributed by atoms with Crippen LogP contribution >= 0.6 is 11.8 Å². The highest BCUT2D eigenvalue weighted by Crippen LogP contribution is 2.23. The molecule has 1 heterocycles. The summed E-state index contributed by atoms with van der Waals surface area (Å²) in [6.45, 7) is 4.24.